The number of carbonyl (C=O) groups excluding carboxylic acids is 2. The summed E-state index contributed by atoms with van der Waals surface area (Å²) < 4.78 is 1.73. The number of aromatic nitrogens is 2. The van der Waals surface area contributed by atoms with Crippen LogP contribution in [0.5, 0.6) is 0 Å². The topological polar surface area (TPSA) is 70.5 Å². The van der Waals surface area contributed by atoms with Crippen molar-refractivity contribution in [2.75, 3.05) is 32.0 Å². The number of nitrogens with zero attached hydrogens (tertiary/aromatic N) is 4. The SMILES string of the molecule is CCn1cc(NC(=O)N2CCCN(C)C(=O)C2)cn1. The summed E-state index contributed by atoms with van der Waals surface area (Å²) >= 11 is 0. The van der Waals surface area contributed by atoms with Gasteiger partial charge in [0.1, 0.15) is 6.54 Å². The van der Waals surface area contributed by atoms with Crippen LogP contribution in [-0.4, -0.2) is 58.2 Å². The van der Waals surface area contributed by atoms with Gasteiger partial charge in [-0.1, -0.05) is 0 Å². The minimum atomic E-state index is -0.251. The number of nitrogens with one attached hydrogen (secondary N) is 1. The van der Waals surface area contributed by atoms with Crippen LogP contribution in [0.25, 0.3) is 0 Å². The molecular formula is C12H19N5O2. The van der Waals surface area contributed by atoms with Crippen molar-refractivity contribution < 1.29 is 9.59 Å². The van der Waals surface area contributed by atoms with Crippen molar-refractivity contribution in [1.29, 1.82) is 0 Å². The van der Waals surface area contributed by atoms with Gasteiger partial charge in [-0.2, -0.15) is 5.10 Å². The van der Waals surface area contributed by atoms with E-state index in [9.17, 15) is 9.59 Å². The van der Waals surface area contributed by atoms with Crippen molar-refractivity contribution in [3.05, 3.63) is 12.4 Å². The van der Waals surface area contributed by atoms with E-state index in [2.05, 4.69) is 10.4 Å². The Kier molecular flexibility index (Phi) is 4.03. The third-order valence-electron chi connectivity index (χ3n) is 3.17. The largest absolute Gasteiger partial charge is 0.344 e. The van der Waals surface area contributed by atoms with Crippen LogP contribution < -0.4 is 5.32 Å². The predicted octanol–water partition coefficient (Wildman–Crippen LogP) is 0.599. The maximum absolute atomic E-state index is 12.1. The highest BCUT2D eigenvalue weighted by atomic mass is 16.2. The van der Waals surface area contributed by atoms with E-state index in [-0.39, 0.29) is 18.5 Å². The molecule has 2 heterocycles. The third-order valence-corrected chi connectivity index (χ3v) is 3.17. The smallest absolute Gasteiger partial charge is 0.322 e. The van der Waals surface area contributed by atoms with Crippen LogP contribution in [0.4, 0.5) is 10.5 Å². The molecule has 7 heteroatoms. The minimum Gasteiger partial charge on any atom is -0.344 e. The van der Waals surface area contributed by atoms with Gasteiger partial charge >= 0.3 is 6.03 Å². The van der Waals surface area contributed by atoms with Crippen LogP contribution in [-0.2, 0) is 11.3 Å². The van der Waals surface area contributed by atoms with Crippen molar-refractivity contribution in [3.63, 3.8) is 0 Å². The van der Waals surface area contributed by atoms with E-state index >= 15 is 0 Å². The van der Waals surface area contributed by atoms with Gasteiger partial charge in [0.15, 0.2) is 0 Å². The molecule has 0 atom stereocenters. The zero-order valence-electron chi connectivity index (χ0n) is 11.3. The van der Waals surface area contributed by atoms with E-state index in [1.807, 2.05) is 6.92 Å². The van der Waals surface area contributed by atoms with Crippen molar-refractivity contribution in [3.8, 4) is 0 Å². The Morgan fingerprint density at radius 1 is 1.47 bits per heavy atom. The summed E-state index contributed by atoms with van der Waals surface area (Å²) in [6.45, 7) is 4.13. The highest BCUT2D eigenvalue weighted by Crippen LogP contribution is 2.08. The summed E-state index contributed by atoms with van der Waals surface area (Å²) in [5, 5.41) is 6.85. The fourth-order valence-corrected chi connectivity index (χ4v) is 1.96. The molecule has 0 unspecified atom stereocenters. The van der Waals surface area contributed by atoms with Crippen LogP contribution in [0.2, 0.25) is 0 Å². The van der Waals surface area contributed by atoms with Crippen molar-refractivity contribution in [2.45, 2.75) is 19.9 Å². The van der Waals surface area contributed by atoms with Gasteiger partial charge in [-0.25, -0.2) is 4.79 Å². The van der Waals surface area contributed by atoms with Gasteiger partial charge in [-0.05, 0) is 13.3 Å². The molecule has 0 spiro atoms. The fourth-order valence-electron chi connectivity index (χ4n) is 1.96. The first kappa shape index (κ1) is 13.4. The standard InChI is InChI=1S/C12H19N5O2/c1-3-17-8-10(7-13-17)14-12(19)16-6-4-5-15(2)11(18)9-16/h7-8H,3-6,9H2,1-2H3,(H,14,19). The molecule has 3 amide bonds. The fraction of sp³-hybridized carbons (Fsp3) is 0.583. The van der Waals surface area contributed by atoms with Crippen molar-refractivity contribution >= 4 is 17.6 Å². The van der Waals surface area contributed by atoms with Crippen LogP contribution in [0.15, 0.2) is 12.4 Å². The highest BCUT2D eigenvalue weighted by molar-refractivity contribution is 5.92. The maximum Gasteiger partial charge on any atom is 0.322 e. The number of urea groups is 1. The molecule has 7 nitrogen and oxygen atoms in total. The summed E-state index contributed by atoms with van der Waals surface area (Å²) in [7, 11) is 1.76. The van der Waals surface area contributed by atoms with E-state index in [1.54, 1.807) is 29.0 Å². The van der Waals surface area contributed by atoms with Crippen LogP contribution in [0.1, 0.15) is 13.3 Å². The Morgan fingerprint density at radius 2 is 2.26 bits per heavy atom. The lowest BCUT2D eigenvalue weighted by Gasteiger charge is -2.19. The average molecular weight is 265 g/mol. The zero-order chi connectivity index (χ0) is 13.8. The van der Waals surface area contributed by atoms with E-state index in [0.717, 1.165) is 13.0 Å². The van der Waals surface area contributed by atoms with Gasteiger partial charge in [-0.15, -0.1) is 0 Å². The summed E-state index contributed by atoms with van der Waals surface area (Å²) in [6.07, 6.45) is 4.17. The molecule has 104 valence electrons. The van der Waals surface area contributed by atoms with Gasteiger partial charge in [0.25, 0.3) is 0 Å². The second-order valence-electron chi connectivity index (χ2n) is 4.61. The third kappa shape index (κ3) is 3.24. The number of likely N-dealkylation sites (N-methyl/N-ethyl adjacent to an activating group) is 1. The Morgan fingerprint density at radius 3 is 2.95 bits per heavy atom. The molecule has 19 heavy (non-hydrogen) atoms. The molecule has 1 N–H and O–H groups in total. The molecule has 0 bridgehead atoms. The number of carbonyl (C=O) groups is 2. The molecule has 2 rings (SSSR count). The number of amides is 3. The van der Waals surface area contributed by atoms with E-state index < -0.39 is 0 Å². The normalized spacial score (nSPS) is 16.4. The first-order chi connectivity index (χ1) is 9.10. The quantitative estimate of drug-likeness (QED) is 0.851. The molecule has 1 aliphatic rings. The molecule has 1 fully saturated rings. The second-order valence-corrected chi connectivity index (χ2v) is 4.61. The number of hydrogen-bond acceptors (Lipinski definition) is 3. The van der Waals surface area contributed by atoms with Gasteiger partial charge in [-0.3, -0.25) is 9.48 Å². The van der Waals surface area contributed by atoms with Gasteiger partial charge in [0.2, 0.25) is 5.91 Å². The summed E-state index contributed by atoms with van der Waals surface area (Å²) in [5.41, 5.74) is 0.650. The van der Waals surface area contributed by atoms with Crippen molar-refractivity contribution in [1.82, 2.24) is 19.6 Å². The lowest BCUT2D eigenvalue weighted by molar-refractivity contribution is -0.129. The van der Waals surface area contributed by atoms with Gasteiger partial charge in [0, 0.05) is 32.9 Å². The van der Waals surface area contributed by atoms with Gasteiger partial charge < -0.3 is 15.1 Å². The van der Waals surface area contributed by atoms with Crippen molar-refractivity contribution in [2.24, 2.45) is 0 Å². The Hall–Kier alpha value is -2.05. The zero-order valence-corrected chi connectivity index (χ0v) is 11.3. The molecule has 1 aromatic rings. The molecule has 1 saturated heterocycles. The number of aryl methyl sites for hydroxylation is 1. The first-order valence-corrected chi connectivity index (χ1v) is 6.42. The summed E-state index contributed by atoms with van der Waals surface area (Å²) in [4.78, 5) is 27.0. The second kappa shape index (κ2) is 5.73. The first-order valence-electron chi connectivity index (χ1n) is 6.42. The maximum atomic E-state index is 12.1. The number of anilines is 1. The number of rotatable bonds is 2. The molecular weight excluding hydrogens is 246 g/mol. The van der Waals surface area contributed by atoms with E-state index in [0.29, 0.717) is 18.8 Å². The molecule has 0 aromatic carbocycles. The Balaban J connectivity index is 1.97. The Labute approximate surface area is 112 Å². The summed E-state index contributed by atoms with van der Waals surface area (Å²) in [6, 6.07) is -0.251. The molecule has 0 aliphatic carbocycles. The molecule has 1 aromatic heterocycles. The average Bonchev–Trinajstić information content (AvgIpc) is 2.77. The highest BCUT2D eigenvalue weighted by Gasteiger charge is 2.22. The van der Waals surface area contributed by atoms with E-state index in [1.165, 1.54) is 4.90 Å². The molecule has 0 saturated carbocycles. The van der Waals surface area contributed by atoms with Crippen LogP contribution >= 0.6 is 0 Å². The van der Waals surface area contributed by atoms with Gasteiger partial charge in [0.05, 0.1) is 11.9 Å². The minimum absolute atomic E-state index is 0.0306. The van der Waals surface area contributed by atoms with E-state index in [4.69, 9.17) is 0 Å². The summed E-state index contributed by atoms with van der Waals surface area (Å²) in [5.74, 6) is -0.0306. The predicted molar refractivity (Wildman–Crippen MR) is 70.7 cm³/mol. The van der Waals surface area contributed by atoms with Crippen LogP contribution in [0.3, 0.4) is 0 Å². The Bertz CT molecular complexity index is 470. The molecule has 1 aliphatic heterocycles. The molecule has 0 radical (unpaired) electrons. The number of hydrogen-bond donors (Lipinski definition) is 1. The van der Waals surface area contributed by atoms with Crippen LogP contribution in [0, 0.1) is 0 Å². The lowest BCUT2D eigenvalue weighted by Crippen LogP contribution is -2.40. The lowest BCUT2D eigenvalue weighted by atomic mass is 10.4. The monoisotopic (exact) mass is 265 g/mol.